The molecule has 3 N–H and O–H groups in total. The number of pyridine rings is 1. The van der Waals surface area contributed by atoms with Gasteiger partial charge in [0.15, 0.2) is 0 Å². The van der Waals surface area contributed by atoms with Crippen molar-refractivity contribution in [3.63, 3.8) is 0 Å². The second-order valence-corrected chi connectivity index (χ2v) is 4.11. The second-order valence-electron chi connectivity index (χ2n) is 3.68. The number of amides is 1. The molecule has 0 atom stereocenters. The fourth-order valence-electron chi connectivity index (χ4n) is 1.50. The van der Waals surface area contributed by atoms with Crippen LogP contribution in [0.15, 0.2) is 42.6 Å². The zero-order valence-corrected chi connectivity index (χ0v) is 10.3. The Morgan fingerprint density at radius 3 is 2.67 bits per heavy atom. The molecule has 0 fully saturated rings. The van der Waals surface area contributed by atoms with E-state index >= 15 is 0 Å². The molecule has 0 saturated heterocycles. The van der Waals surface area contributed by atoms with Crippen LogP contribution in [0.4, 0.5) is 5.82 Å². The van der Waals surface area contributed by atoms with Crippen molar-refractivity contribution in [1.82, 2.24) is 4.98 Å². The van der Waals surface area contributed by atoms with E-state index in [9.17, 15) is 4.79 Å². The average molecular weight is 262 g/mol. The summed E-state index contributed by atoms with van der Waals surface area (Å²) in [6.45, 7) is 0.323. The van der Waals surface area contributed by atoms with Crippen molar-refractivity contribution in [2.45, 2.75) is 6.54 Å². The van der Waals surface area contributed by atoms with Gasteiger partial charge in [-0.25, -0.2) is 4.98 Å². The Morgan fingerprint density at radius 1 is 1.28 bits per heavy atom. The molecule has 0 bridgehead atoms. The van der Waals surface area contributed by atoms with Crippen LogP contribution in [-0.2, 0) is 6.54 Å². The number of carbonyl (C=O) groups is 1. The Kier molecular flexibility index (Phi) is 3.92. The Hall–Kier alpha value is -1.91. The molecule has 0 aliphatic carbocycles. The molecule has 0 aliphatic rings. The van der Waals surface area contributed by atoms with Crippen molar-refractivity contribution in [3.05, 3.63) is 58.7 Å². The van der Waals surface area contributed by atoms with Gasteiger partial charge >= 0.3 is 0 Å². The number of hydrogen-bond donors (Lipinski definition) is 2. The summed E-state index contributed by atoms with van der Waals surface area (Å²) < 4.78 is 0. The van der Waals surface area contributed by atoms with E-state index in [4.69, 9.17) is 17.3 Å². The van der Waals surface area contributed by atoms with Crippen molar-refractivity contribution in [3.8, 4) is 0 Å². The van der Waals surface area contributed by atoms with Crippen LogP contribution in [0.2, 0.25) is 5.02 Å². The van der Waals surface area contributed by atoms with E-state index in [-0.39, 0.29) is 5.91 Å². The minimum Gasteiger partial charge on any atom is -0.326 e. The lowest BCUT2D eigenvalue weighted by molar-refractivity contribution is 0.102. The molecule has 2 rings (SSSR count). The summed E-state index contributed by atoms with van der Waals surface area (Å²) in [5.41, 5.74) is 6.89. The zero-order chi connectivity index (χ0) is 13.0. The first-order chi connectivity index (χ1) is 8.70. The topological polar surface area (TPSA) is 68.0 Å². The van der Waals surface area contributed by atoms with Gasteiger partial charge in [0, 0.05) is 28.9 Å². The minimum absolute atomic E-state index is 0.236. The molecule has 1 heterocycles. The van der Waals surface area contributed by atoms with Gasteiger partial charge in [0.25, 0.3) is 5.91 Å². The van der Waals surface area contributed by atoms with E-state index in [0.717, 1.165) is 5.56 Å². The number of nitrogens with zero attached hydrogens (tertiary/aromatic N) is 1. The number of nitrogens with two attached hydrogens (primary N) is 1. The first-order valence-electron chi connectivity index (χ1n) is 5.41. The smallest absolute Gasteiger partial charge is 0.256 e. The highest BCUT2D eigenvalue weighted by molar-refractivity contribution is 6.30. The Bertz CT molecular complexity index is 554. The van der Waals surface area contributed by atoms with Crippen LogP contribution in [0.3, 0.4) is 0 Å². The Balaban J connectivity index is 2.18. The van der Waals surface area contributed by atoms with Crippen molar-refractivity contribution in [2.75, 3.05) is 5.32 Å². The number of nitrogens with one attached hydrogen (secondary N) is 1. The van der Waals surface area contributed by atoms with Crippen LogP contribution in [0.5, 0.6) is 0 Å². The number of anilines is 1. The summed E-state index contributed by atoms with van der Waals surface area (Å²) in [4.78, 5) is 16.1. The van der Waals surface area contributed by atoms with E-state index in [1.165, 1.54) is 0 Å². The maximum atomic E-state index is 12.0. The monoisotopic (exact) mass is 261 g/mol. The molecule has 2 aromatic rings. The van der Waals surface area contributed by atoms with Crippen molar-refractivity contribution >= 4 is 23.3 Å². The molecule has 0 radical (unpaired) electrons. The van der Waals surface area contributed by atoms with Crippen molar-refractivity contribution in [2.24, 2.45) is 5.73 Å². The number of aromatic nitrogens is 1. The molecule has 4 nitrogen and oxygen atoms in total. The molecule has 1 aromatic heterocycles. The van der Waals surface area contributed by atoms with Gasteiger partial charge in [-0.3, -0.25) is 4.79 Å². The van der Waals surface area contributed by atoms with Gasteiger partial charge in [-0.1, -0.05) is 17.7 Å². The Labute approximate surface area is 110 Å². The van der Waals surface area contributed by atoms with Gasteiger partial charge in [0.1, 0.15) is 5.82 Å². The standard InChI is InChI=1S/C13H12ClN3O/c14-11-5-3-9(4-6-11)13(18)17-12-10(8-15)2-1-7-16-12/h1-7H,8,15H2,(H,16,17,18). The molecule has 18 heavy (non-hydrogen) atoms. The van der Waals surface area contributed by atoms with E-state index in [1.807, 2.05) is 6.07 Å². The van der Waals surface area contributed by atoms with Crippen molar-refractivity contribution in [1.29, 1.82) is 0 Å². The van der Waals surface area contributed by atoms with Gasteiger partial charge in [0.2, 0.25) is 0 Å². The third-order valence-corrected chi connectivity index (χ3v) is 2.70. The highest BCUT2D eigenvalue weighted by Gasteiger charge is 2.08. The van der Waals surface area contributed by atoms with Gasteiger partial charge in [0.05, 0.1) is 0 Å². The summed E-state index contributed by atoms with van der Waals surface area (Å²) in [5.74, 6) is 0.250. The lowest BCUT2D eigenvalue weighted by Crippen LogP contribution is -2.15. The van der Waals surface area contributed by atoms with Crippen LogP contribution >= 0.6 is 11.6 Å². The molecule has 0 unspecified atom stereocenters. The van der Waals surface area contributed by atoms with Crippen molar-refractivity contribution < 1.29 is 4.79 Å². The predicted molar refractivity (Wildman–Crippen MR) is 71.5 cm³/mol. The lowest BCUT2D eigenvalue weighted by Gasteiger charge is -2.08. The number of carbonyl (C=O) groups excluding carboxylic acids is 1. The first kappa shape index (κ1) is 12.5. The molecular formula is C13H12ClN3O. The SMILES string of the molecule is NCc1cccnc1NC(=O)c1ccc(Cl)cc1. The normalized spacial score (nSPS) is 10.1. The van der Waals surface area contributed by atoms with Gasteiger partial charge in [-0.2, -0.15) is 0 Å². The lowest BCUT2D eigenvalue weighted by atomic mass is 10.2. The van der Waals surface area contributed by atoms with Crippen LogP contribution in [0.1, 0.15) is 15.9 Å². The molecule has 5 heteroatoms. The second kappa shape index (κ2) is 5.62. The molecular weight excluding hydrogens is 250 g/mol. The highest BCUT2D eigenvalue weighted by Crippen LogP contribution is 2.14. The van der Waals surface area contributed by atoms with Crippen LogP contribution in [0.25, 0.3) is 0 Å². The number of benzene rings is 1. The van der Waals surface area contributed by atoms with E-state index in [2.05, 4.69) is 10.3 Å². The molecule has 1 aromatic carbocycles. The fourth-order valence-corrected chi connectivity index (χ4v) is 1.62. The Morgan fingerprint density at radius 2 is 2.00 bits per heavy atom. The summed E-state index contributed by atoms with van der Waals surface area (Å²) in [7, 11) is 0. The third kappa shape index (κ3) is 2.85. The van der Waals surface area contributed by atoms with Gasteiger partial charge in [-0.15, -0.1) is 0 Å². The molecule has 1 amide bonds. The summed E-state index contributed by atoms with van der Waals surface area (Å²) in [6, 6.07) is 10.2. The number of halogens is 1. The maximum Gasteiger partial charge on any atom is 0.256 e. The van der Waals surface area contributed by atoms with Crippen LogP contribution in [-0.4, -0.2) is 10.9 Å². The average Bonchev–Trinajstić information content (AvgIpc) is 2.40. The van der Waals surface area contributed by atoms with Crippen LogP contribution < -0.4 is 11.1 Å². The molecule has 0 saturated carbocycles. The number of hydrogen-bond acceptors (Lipinski definition) is 3. The number of rotatable bonds is 3. The van der Waals surface area contributed by atoms with E-state index < -0.39 is 0 Å². The highest BCUT2D eigenvalue weighted by atomic mass is 35.5. The largest absolute Gasteiger partial charge is 0.326 e. The molecule has 0 spiro atoms. The van der Waals surface area contributed by atoms with Crippen LogP contribution in [0, 0.1) is 0 Å². The summed E-state index contributed by atoms with van der Waals surface area (Å²) in [5, 5.41) is 3.31. The first-order valence-corrected chi connectivity index (χ1v) is 5.79. The fraction of sp³-hybridized carbons (Fsp3) is 0.0769. The maximum absolute atomic E-state index is 12.0. The van der Waals surface area contributed by atoms with E-state index in [1.54, 1.807) is 36.5 Å². The summed E-state index contributed by atoms with van der Waals surface area (Å²) >= 11 is 5.76. The summed E-state index contributed by atoms with van der Waals surface area (Å²) in [6.07, 6.45) is 1.61. The molecule has 92 valence electrons. The third-order valence-electron chi connectivity index (χ3n) is 2.45. The molecule has 0 aliphatic heterocycles. The van der Waals surface area contributed by atoms with E-state index in [0.29, 0.717) is 22.9 Å². The van der Waals surface area contributed by atoms with Gasteiger partial charge in [-0.05, 0) is 30.3 Å². The quantitative estimate of drug-likeness (QED) is 0.892. The zero-order valence-electron chi connectivity index (χ0n) is 9.56. The van der Waals surface area contributed by atoms with Gasteiger partial charge < -0.3 is 11.1 Å². The predicted octanol–water partition coefficient (Wildman–Crippen LogP) is 2.45. The minimum atomic E-state index is -0.236.